The van der Waals surface area contributed by atoms with Crippen LogP contribution >= 0.6 is 0 Å². The van der Waals surface area contributed by atoms with Gasteiger partial charge in [-0.2, -0.15) is 10.2 Å². The summed E-state index contributed by atoms with van der Waals surface area (Å²) in [5, 5.41) is 37.6. The van der Waals surface area contributed by atoms with Crippen molar-refractivity contribution in [2.75, 3.05) is 77.5 Å². The molecule has 4 heterocycles. The van der Waals surface area contributed by atoms with E-state index in [-0.39, 0.29) is 19.6 Å². The molecule has 0 saturated heterocycles. The fourth-order valence-electron chi connectivity index (χ4n) is 7.60. The summed E-state index contributed by atoms with van der Waals surface area (Å²) < 4.78 is 26.7. The van der Waals surface area contributed by atoms with Crippen LogP contribution in [0.15, 0.2) is 110 Å². The predicted molar refractivity (Wildman–Crippen MR) is 254 cm³/mol. The number of hydrogen-bond acceptors (Lipinski definition) is 16. The largest absolute Gasteiger partial charge is 0.497 e. The standard InChI is InChI=1S/C48H54N12O6/c1-49-23-37(61)29-59(33-7-9-43-45(17-33)55-47(25-51-43)31-21-53-57(2)27-31)36-15-41(65-6)20-42(16-36)66-12-11-50-24-38(62)30-60(35-13-39(63-4)19-40(14-35)64-5)34-8-10-44-46(18-34)56-48(26-52-44)32-22-54-58(3)28-32/h7-10,13-22,25-28,37-38,49-50,61-62H,11-12,23-24,29-30H2,1-6H3. The van der Waals surface area contributed by atoms with Gasteiger partial charge < -0.3 is 49.6 Å². The van der Waals surface area contributed by atoms with Gasteiger partial charge in [0.25, 0.3) is 0 Å². The molecule has 8 aromatic rings. The number of rotatable bonds is 21. The van der Waals surface area contributed by atoms with Crippen LogP contribution in [0.5, 0.6) is 23.0 Å². The summed E-state index contributed by atoms with van der Waals surface area (Å²) in [6.07, 6.45) is 9.28. The molecule has 0 fully saturated rings. The van der Waals surface area contributed by atoms with Crippen LogP contribution in [0.1, 0.15) is 0 Å². The number of aliphatic hydroxyl groups is 2. The number of nitrogens with one attached hydrogen (secondary N) is 2. The number of benzene rings is 4. The maximum atomic E-state index is 11.5. The SMILES string of the molecule is CNCC(O)CN(c1cc(OC)cc(OCCNCC(O)CN(c2cc(OC)cc(OC)c2)c2ccc3ncc(-c4cnn(C)c4)nc3c2)c1)c1ccc2ncc(-c3cnn(C)c3)nc2c1. The van der Waals surface area contributed by atoms with Crippen molar-refractivity contribution in [3.8, 4) is 45.5 Å². The fraction of sp³-hybridized carbons (Fsp3) is 0.292. The van der Waals surface area contributed by atoms with Gasteiger partial charge in [0.1, 0.15) is 29.6 Å². The molecule has 0 spiro atoms. The first kappa shape index (κ1) is 45.2. The zero-order valence-corrected chi connectivity index (χ0v) is 37.8. The Bertz CT molecular complexity index is 2880. The van der Waals surface area contributed by atoms with Crippen LogP contribution in [0.25, 0.3) is 44.6 Å². The van der Waals surface area contributed by atoms with Crippen molar-refractivity contribution in [1.29, 1.82) is 0 Å². The normalized spacial score (nSPS) is 12.3. The minimum atomic E-state index is -0.807. The molecule has 4 aromatic heterocycles. The number of likely N-dealkylation sites (N-methyl/N-ethyl adjacent to an activating group) is 1. The number of aliphatic hydroxyl groups excluding tert-OH is 2. The van der Waals surface area contributed by atoms with E-state index in [2.05, 4.69) is 30.8 Å². The monoisotopic (exact) mass is 894 g/mol. The quantitative estimate of drug-likeness (QED) is 0.0680. The molecule has 4 N–H and O–H groups in total. The van der Waals surface area contributed by atoms with Gasteiger partial charge >= 0.3 is 0 Å². The van der Waals surface area contributed by atoms with Gasteiger partial charge in [0.15, 0.2) is 0 Å². The lowest BCUT2D eigenvalue weighted by atomic mass is 10.1. The Morgan fingerprint density at radius 3 is 1.50 bits per heavy atom. The Balaban J connectivity index is 0.971. The summed E-state index contributed by atoms with van der Waals surface area (Å²) >= 11 is 0. The van der Waals surface area contributed by atoms with Crippen molar-refractivity contribution in [3.63, 3.8) is 0 Å². The van der Waals surface area contributed by atoms with Crippen LogP contribution < -0.4 is 39.4 Å². The summed E-state index contributed by atoms with van der Waals surface area (Å²) in [6.45, 7) is 1.89. The first-order chi connectivity index (χ1) is 32.1. The molecule has 342 valence electrons. The van der Waals surface area contributed by atoms with Crippen molar-refractivity contribution in [1.82, 2.24) is 50.1 Å². The molecule has 2 atom stereocenters. The zero-order valence-electron chi connectivity index (χ0n) is 37.8. The van der Waals surface area contributed by atoms with Crippen molar-refractivity contribution in [3.05, 3.63) is 110 Å². The number of aromatic nitrogens is 8. The second-order valence-corrected chi connectivity index (χ2v) is 15.7. The van der Waals surface area contributed by atoms with Crippen LogP contribution in [0.4, 0.5) is 22.7 Å². The highest BCUT2D eigenvalue weighted by Gasteiger charge is 2.20. The number of hydrogen-bond donors (Lipinski definition) is 4. The van der Waals surface area contributed by atoms with E-state index in [1.54, 1.807) is 68.6 Å². The van der Waals surface area contributed by atoms with E-state index in [1.807, 2.05) is 103 Å². The molecule has 18 heteroatoms. The highest BCUT2D eigenvalue weighted by molar-refractivity contribution is 5.84. The van der Waals surface area contributed by atoms with E-state index in [1.165, 1.54) is 0 Å². The topological polar surface area (TPSA) is 195 Å². The third-order valence-electron chi connectivity index (χ3n) is 10.9. The van der Waals surface area contributed by atoms with Crippen LogP contribution in [-0.2, 0) is 14.1 Å². The predicted octanol–water partition coefficient (Wildman–Crippen LogP) is 5.29. The first-order valence-corrected chi connectivity index (χ1v) is 21.4. The molecule has 0 saturated carbocycles. The summed E-state index contributed by atoms with van der Waals surface area (Å²) in [5.41, 5.74) is 9.11. The Kier molecular flexibility index (Phi) is 14.1. The number of ether oxygens (including phenoxy) is 4. The molecule has 0 amide bonds. The smallest absolute Gasteiger partial charge is 0.125 e. The zero-order chi connectivity index (χ0) is 46.2. The summed E-state index contributed by atoms with van der Waals surface area (Å²) in [7, 11) is 10.3. The van der Waals surface area contributed by atoms with Crippen molar-refractivity contribution in [2.45, 2.75) is 12.2 Å². The van der Waals surface area contributed by atoms with E-state index in [0.717, 1.165) is 44.9 Å². The van der Waals surface area contributed by atoms with E-state index < -0.39 is 12.2 Å². The molecule has 2 unspecified atom stereocenters. The van der Waals surface area contributed by atoms with E-state index in [4.69, 9.17) is 28.9 Å². The lowest BCUT2D eigenvalue weighted by Gasteiger charge is -2.29. The molecule has 4 aromatic carbocycles. The van der Waals surface area contributed by atoms with Crippen LogP contribution in [-0.4, -0.2) is 130 Å². The van der Waals surface area contributed by atoms with Gasteiger partial charge in [0.2, 0.25) is 0 Å². The number of fused-ring (bicyclic) bond motifs is 2. The number of nitrogens with zero attached hydrogens (tertiary/aromatic N) is 10. The van der Waals surface area contributed by atoms with Gasteiger partial charge in [-0.15, -0.1) is 0 Å². The van der Waals surface area contributed by atoms with Gasteiger partial charge in [-0.1, -0.05) is 0 Å². The molecular formula is C48H54N12O6. The van der Waals surface area contributed by atoms with Crippen molar-refractivity contribution >= 4 is 44.8 Å². The van der Waals surface area contributed by atoms with Gasteiger partial charge in [0.05, 0.1) is 105 Å². The van der Waals surface area contributed by atoms with Gasteiger partial charge in [-0.05, 0) is 43.4 Å². The second-order valence-electron chi connectivity index (χ2n) is 15.7. The van der Waals surface area contributed by atoms with Gasteiger partial charge in [0, 0.05) is 116 Å². The van der Waals surface area contributed by atoms with Crippen LogP contribution in [0.3, 0.4) is 0 Å². The Morgan fingerprint density at radius 1 is 0.576 bits per heavy atom. The van der Waals surface area contributed by atoms with E-state index in [0.29, 0.717) is 65.1 Å². The molecule has 0 aliphatic heterocycles. The third-order valence-corrected chi connectivity index (χ3v) is 10.9. The summed E-state index contributed by atoms with van der Waals surface area (Å²) in [4.78, 5) is 23.1. The summed E-state index contributed by atoms with van der Waals surface area (Å²) in [5.74, 6) is 2.38. The van der Waals surface area contributed by atoms with E-state index in [9.17, 15) is 10.2 Å². The molecule has 0 bridgehead atoms. The Labute approximate surface area is 382 Å². The lowest BCUT2D eigenvalue weighted by molar-refractivity contribution is 0.176. The van der Waals surface area contributed by atoms with Crippen molar-refractivity contribution in [2.24, 2.45) is 14.1 Å². The maximum Gasteiger partial charge on any atom is 0.125 e. The molecule has 8 rings (SSSR count). The molecule has 0 aliphatic rings. The Morgan fingerprint density at radius 2 is 1.05 bits per heavy atom. The molecule has 0 radical (unpaired) electrons. The Hall–Kier alpha value is -7.38. The number of methoxy groups -OCH3 is 3. The molecule has 66 heavy (non-hydrogen) atoms. The minimum Gasteiger partial charge on any atom is -0.497 e. The van der Waals surface area contributed by atoms with Gasteiger partial charge in [-0.3, -0.25) is 19.3 Å². The molecule has 0 aliphatic carbocycles. The van der Waals surface area contributed by atoms with Gasteiger partial charge in [-0.25, -0.2) is 9.97 Å². The van der Waals surface area contributed by atoms with Crippen LogP contribution in [0, 0.1) is 0 Å². The first-order valence-electron chi connectivity index (χ1n) is 21.4. The highest BCUT2D eigenvalue weighted by atomic mass is 16.5. The fourth-order valence-corrected chi connectivity index (χ4v) is 7.60. The average molecular weight is 895 g/mol. The average Bonchev–Trinajstić information content (AvgIpc) is 3.99. The number of anilines is 4. The minimum absolute atomic E-state index is 0.227. The molecular weight excluding hydrogens is 841 g/mol. The summed E-state index contributed by atoms with van der Waals surface area (Å²) in [6, 6.07) is 22.9. The van der Waals surface area contributed by atoms with E-state index >= 15 is 0 Å². The third kappa shape index (κ3) is 10.8. The lowest BCUT2D eigenvalue weighted by Crippen LogP contribution is -2.37. The van der Waals surface area contributed by atoms with Crippen molar-refractivity contribution < 1.29 is 29.2 Å². The number of aryl methyl sites for hydroxylation is 2. The second kappa shape index (κ2) is 20.6. The maximum absolute atomic E-state index is 11.5. The highest BCUT2D eigenvalue weighted by Crippen LogP contribution is 2.36. The van der Waals surface area contributed by atoms with Crippen LogP contribution in [0.2, 0.25) is 0 Å². The molecule has 18 nitrogen and oxygen atoms in total.